The maximum atomic E-state index is 13.2. The van der Waals surface area contributed by atoms with Crippen molar-refractivity contribution < 1.29 is 27.8 Å². The van der Waals surface area contributed by atoms with Crippen LogP contribution in [0.2, 0.25) is 0 Å². The number of anilines is 1. The Kier molecular flexibility index (Phi) is 3.36. The van der Waals surface area contributed by atoms with Crippen LogP contribution in [-0.2, 0) is 10.2 Å². The molecule has 1 atom stereocenters. The number of benzene rings is 1. The van der Waals surface area contributed by atoms with Crippen molar-refractivity contribution in [3.05, 3.63) is 34.7 Å². The lowest BCUT2D eigenvalue weighted by Crippen LogP contribution is -2.39. The molecule has 2 aromatic rings. The number of amides is 1. The zero-order valence-corrected chi connectivity index (χ0v) is 14.3. The Morgan fingerprint density at radius 1 is 1.20 bits per heavy atom. The second-order valence-corrected chi connectivity index (χ2v) is 6.57. The van der Waals surface area contributed by atoms with E-state index in [1.165, 1.54) is 24.5 Å². The summed E-state index contributed by atoms with van der Waals surface area (Å²) in [6.07, 6.45) is -0.900. The van der Waals surface area contributed by atoms with E-state index in [0.717, 1.165) is 0 Å². The van der Waals surface area contributed by atoms with Crippen LogP contribution in [0.25, 0.3) is 0 Å². The molecule has 130 valence electrons. The van der Waals surface area contributed by atoms with Crippen molar-refractivity contribution in [1.29, 1.82) is 0 Å². The number of carbonyl (C=O) groups is 1. The minimum absolute atomic E-state index is 0.0391. The van der Waals surface area contributed by atoms with E-state index in [2.05, 4.69) is 40.7 Å². The molecule has 25 heavy (non-hydrogen) atoms. The number of ether oxygens (including phenoxy) is 3. The molecule has 10 heteroatoms. The average molecular weight is 414 g/mol. The molecule has 0 radical (unpaired) electrons. The molecule has 1 aromatic heterocycles. The normalized spacial score (nSPS) is 22.2. The number of nitrogens with one attached hydrogen (secondary N) is 1. The summed E-state index contributed by atoms with van der Waals surface area (Å²) in [7, 11) is 0. The van der Waals surface area contributed by atoms with Gasteiger partial charge in [0, 0.05) is 11.6 Å². The largest absolute Gasteiger partial charge is 0.586 e. The monoisotopic (exact) mass is 413 g/mol. The van der Waals surface area contributed by atoms with Gasteiger partial charge in [0.2, 0.25) is 5.91 Å². The number of nitrogens with zero attached hydrogens (tertiary/aromatic N) is 2. The van der Waals surface area contributed by atoms with Gasteiger partial charge in [0.1, 0.15) is 22.4 Å². The fraction of sp³-hybridized carbons (Fsp3) is 0.267. The molecule has 1 amide bonds. The van der Waals surface area contributed by atoms with Crippen LogP contribution in [0.1, 0.15) is 12.5 Å². The van der Waals surface area contributed by atoms with E-state index < -0.39 is 17.6 Å². The quantitative estimate of drug-likeness (QED) is 0.814. The van der Waals surface area contributed by atoms with Crippen LogP contribution in [0.15, 0.2) is 29.1 Å². The lowest BCUT2D eigenvalue weighted by atomic mass is 9.83. The molecule has 0 bridgehead atoms. The molecule has 0 unspecified atom stereocenters. The standard InChI is InChI=1S/C15H10BrF2N3O4/c1-14(13(22)21-12-5-19-11(16)4-20-12)6-23-8-3-10-9(2-7(8)14)24-15(17,18)25-10/h2-5H,6H2,1H3,(H,20,21,22)/t14-/m0/s1. The molecule has 0 aliphatic carbocycles. The summed E-state index contributed by atoms with van der Waals surface area (Å²) in [6.45, 7) is 1.68. The Morgan fingerprint density at radius 2 is 1.92 bits per heavy atom. The molecule has 0 saturated carbocycles. The van der Waals surface area contributed by atoms with Gasteiger partial charge in [-0.05, 0) is 28.9 Å². The first-order chi connectivity index (χ1) is 11.8. The average Bonchev–Trinajstić information content (AvgIpc) is 3.03. The molecule has 4 rings (SSSR count). The van der Waals surface area contributed by atoms with Crippen LogP contribution >= 0.6 is 15.9 Å². The first-order valence-corrected chi connectivity index (χ1v) is 7.92. The molecule has 0 spiro atoms. The van der Waals surface area contributed by atoms with E-state index in [-0.39, 0.29) is 23.9 Å². The zero-order chi connectivity index (χ0) is 17.8. The minimum atomic E-state index is -3.73. The summed E-state index contributed by atoms with van der Waals surface area (Å²) >= 11 is 3.15. The first-order valence-electron chi connectivity index (χ1n) is 7.13. The highest BCUT2D eigenvalue weighted by Gasteiger charge is 2.48. The molecule has 1 aromatic carbocycles. The van der Waals surface area contributed by atoms with Crippen LogP contribution < -0.4 is 19.5 Å². The molecule has 3 heterocycles. The number of hydrogen-bond donors (Lipinski definition) is 1. The highest BCUT2D eigenvalue weighted by atomic mass is 79.9. The van der Waals surface area contributed by atoms with E-state index in [9.17, 15) is 13.6 Å². The van der Waals surface area contributed by atoms with Crippen molar-refractivity contribution in [3.63, 3.8) is 0 Å². The van der Waals surface area contributed by atoms with Crippen molar-refractivity contribution in [1.82, 2.24) is 9.97 Å². The number of rotatable bonds is 2. The maximum absolute atomic E-state index is 13.2. The number of fused-ring (bicyclic) bond motifs is 2. The lowest BCUT2D eigenvalue weighted by Gasteiger charge is -2.21. The fourth-order valence-electron chi connectivity index (χ4n) is 2.65. The van der Waals surface area contributed by atoms with Crippen molar-refractivity contribution in [2.75, 3.05) is 11.9 Å². The van der Waals surface area contributed by atoms with Gasteiger partial charge >= 0.3 is 6.29 Å². The second-order valence-electron chi connectivity index (χ2n) is 5.76. The van der Waals surface area contributed by atoms with E-state index in [1.807, 2.05) is 0 Å². The zero-order valence-electron chi connectivity index (χ0n) is 12.7. The molecule has 0 fully saturated rings. The third-order valence-electron chi connectivity index (χ3n) is 3.98. The lowest BCUT2D eigenvalue weighted by molar-refractivity contribution is -0.286. The summed E-state index contributed by atoms with van der Waals surface area (Å²) in [4.78, 5) is 20.7. The Morgan fingerprint density at radius 3 is 2.60 bits per heavy atom. The first kappa shape index (κ1) is 16.0. The highest BCUT2D eigenvalue weighted by molar-refractivity contribution is 9.10. The van der Waals surface area contributed by atoms with Crippen LogP contribution in [0.3, 0.4) is 0 Å². The van der Waals surface area contributed by atoms with Gasteiger partial charge in [-0.3, -0.25) is 4.79 Å². The van der Waals surface area contributed by atoms with Crippen molar-refractivity contribution in [2.45, 2.75) is 18.6 Å². The summed E-state index contributed by atoms with van der Waals surface area (Å²) in [5, 5.41) is 2.64. The van der Waals surface area contributed by atoms with Gasteiger partial charge in [-0.2, -0.15) is 0 Å². The van der Waals surface area contributed by atoms with Gasteiger partial charge in [-0.1, -0.05) is 0 Å². The van der Waals surface area contributed by atoms with Crippen LogP contribution in [0, 0.1) is 0 Å². The van der Waals surface area contributed by atoms with Crippen LogP contribution in [0.5, 0.6) is 17.2 Å². The summed E-state index contributed by atoms with van der Waals surface area (Å²) in [5.74, 6) is -0.132. The van der Waals surface area contributed by atoms with E-state index in [4.69, 9.17) is 4.74 Å². The number of carbonyl (C=O) groups excluding carboxylic acids is 1. The molecular weight excluding hydrogens is 404 g/mol. The van der Waals surface area contributed by atoms with Crippen molar-refractivity contribution >= 4 is 27.7 Å². The van der Waals surface area contributed by atoms with E-state index >= 15 is 0 Å². The Balaban J connectivity index is 1.64. The van der Waals surface area contributed by atoms with E-state index in [0.29, 0.717) is 15.9 Å². The van der Waals surface area contributed by atoms with Gasteiger partial charge in [-0.25, -0.2) is 9.97 Å². The van der Waals surface area contributed by atoms with Gasteiger partial charge in [0.15, 0.2) is 17.3 Å². The minimum Gasteiger partial charge on any atom is -0.492 e. The molecule has 1 N–H and O–H groups in total. The molecule has 2 aliphatic heterocycles. The predicted octanol–water partition coefficient (Wildman–Crippen LogP) is 2.85. The third kappa shape index (κ3) is 2.66. The van der Waals surface area contributed by atoms with Gasteiger partial charge in [-0.15, -0.1) is 8.78 Å². The van der Waals surface area contributed by atoms with E-state index in [1.54, 1.807) is 6.92 Å². The van der Waals surface area contributed by atoms with Gasteiger partial charge in [0.05, 0.1) is 12.4 Å². The summed E-state index contributed by atoms with van der Waals surface area (Å²) in [5.41, 5.74) is -0.685. The Bertz CT molecular complexity index is 878. The number of hydrogen-bond acceptors (Lipinski definition) is 6. The van der Waals surface area contributed by atoms with Crippen LogP contribution in [0.4, 0.5) is 14.6 Å². The fourth-order valence-corrected chi connectivity index (χ4v) is 2.85. The Hall–Kier alpha value is -2.49. The number of halogens is 3. The molecular formula is C15H10BrF2N3O4. The molecule has 2 aliphatic rings. The smallest absolute Gasteiger partial charge is 0.492 e. The maximum Gasteiger partial charge on any atom is 0.586 e. The van der Waals surface area contributed by atoms with Crippen molar-refractivity contribution in [2.24, 2.45) is 0 Å². The number of aromatic nitrogens is 2. The van der Waals surface area contributed by atoms with Gasteiger partial charge in [0.25, 0.3) is 0 Å². The van der Waals surface area contributed by atoms with Gasteiger partial charge < -0.3 is 19.5 Å². The summed E-state index contributed by atoms with van der Waals surface area (Å²) in [6, 6.07) is 2.63. The topological polar surface area (TPSA) is 82.6 Å². The predicted molar refractivity (Wildman–Crippen MR) is 83.9 cm³/mol. The Labute approximate surface area is 148 Å². The molecule has 0 saturated heterocycles. The van der Waals surface area contributed by atoms with Crippen molar-refractivity contribution in [3.8, 4) is 17.2 Å². The SMILES string of the molecule is C[C@]1(C(=O)Nc2cnc(Br)cn2)COc2cc3c(cc21)OC(F)(F)O3. The third-order valence-corrected chi connectivity index (χ3v) is 4.39. The molecule has 7 nitrogen and oxygen atoms in total. The number of alkyl halides is 2. The summed E-state index contributed by atoms with van der Waals surface area (Å²) < 4.78 is 41.3. The highest BCUT2D eigenvalue weighted by Crippen LogP contribution is 2.49. The van der Waals surface area contributed by atoms with Crippen LogP contribution in [-0.4, -0.2) is 28.8 Å². The second kappa shape index (κ2) is 5.25.